The first-order chi connectivity index (χ1) is 17.4. The molecule has 5 rings (SSSR count). The lowest BCUT2D eigenvalue weighted by atomic mass is 10.1. The van der Waals surface area contributed by atoms with Crippen LogP contribution >= 0.6 is 11.6 Å². The van der Waals surface area contributed by atoms with Gasteiger partial charge in [-0.15, -0.1) is 0 Å². The van der Waals surface area contributed by atoms with Gasteiger partial charge in [0.05, 0.1) is 38.4 Å². The zero-order valence-electron chi connectivity index (χ0n) is 19.5. The van der Waals surface area contributed by atoms with E-state index >= 15 is 0 Å². The Balaban J connectivity index is 1.53. The summed E-state index contributed by atoms with van der Waals surface area (Å²) in [5, 5.41) is 3.49. The van der Waals surface area contributed by atoms with Crippen LogP contribution in [0.5, 0.6) is 0 Å². The van der Waals surface area contributed by atoms with Crippen LogP contribution in [0.4, 0.5) is 5.69 Å². The predicted octanol–water partition coefficient (Wildman–Crippen LogP) is 5.91. The summed E-state index contributed by atoms with van der Waals surface area (Å²) in [6.45, 7) is 2.60. The van der Waals surface area contributed by atoms with Crippen molar-refractivity contribution in [3.05, 3.63) is 124 Å². The molecule has 0 aliphatic carbocycles. The van der Waals surface area contributed by atoms with Gasteiger partial charge in [0.15, 0.2) is 0 Å². The van der Waals surface area contributed by atoms with E-state index in [1.54, 1.807) is 59.5 Å². The van der Waals surface area contributed by atoms with Crippen LogP contribution in [-0.2, 0) is 23.9 Å². The Bertz CT molecular complexity index is 1500. The van der Waals surface area contributed by atoms with Crippen LogP contribution in [0.2, 0.25) is 5.02 Å². The van der Waals surface area contributed by atoms with E-state index in [1.165, 1.54) is 0 Å². The number of halogens is 1. The summed E-state index contributed by atoms with van der Waals surface area (Å²) >= 11 is 6.19. The Morgan fingerprint density at radius 3 is 2.44 bits per heavy atom. The van der Waals surface area contributed by atoms with Crippen LogP contribution in [-0.4, -0.2) is 16.0 Å². The van der Waals surface area contributed by atoms with Crippen LogP contribution in [0, 0.1) is 6.92 Å². The molecule has 0 aromatic heterocycles. The highest BCUT2D eigenvalue weighted by Gasteiger charge is 2.31. The van der Waals surface area contributed by atoms with E-state index in [0.29, 0.717) is 38.2 Å². The summed E-state index contributed by atoms with van der Waals surface area (Å²) in [6.07, 6.45) is 0. The third-order valence-corrected chi connectivity index (χ3v) is 7.81. The first-order valence-corrected chi connectivity index (χ1v) is 13.0. The molecule has 0 unspecified atom stereocenters. The molecule has 180 valence electrons. The maximum atomic E-state index is 13.7. The van der Waals surface area contributed by atoms with Crippen molar-refractivity contribution in [2.24, 2.45) is 0 Å². The molecule has 4 aromatic carbocycles. The van der Waals surface area contributed by atoms with E-state index in [2.05, 4.69) is 5.32 Å². The van der Waals surface area contributed by atoms with Gasteiger partial charge >= 0.3 is 0 Å². The number of hydrogen-bond donors (Lipinski definition) is 1. The smallest absolute Gasteiger partial charge is 0.259 e. The topological polar surface area (TPSA) is 66.5 Å². The van der Waals surface area contributed by atoms with E-state index in [0.717, 1.165) is 16.7 Å². The third kappa shape index (κ3) is 4.83. The van der Waals surface area contributed by atoms with E-state index in [4.69, 9.17) is 11.6 Å². The number of benzene rings is 4. The monoisotopic (exact) mass is 514 g/mol. The van der Waals surface area contributed by atoms with E-state index in [1.807, 2.05) is 43.3 Å². The van der Waals surface area contributed by atoms with Crippen molar-refractivity contribution in [1.29, 1.82) is 0 Å². The van der Waals surface area contributed by atoms with E-state index in [-0.39, 0.29) is 18.4 Å². The van der Waals surface area contributed by atoms with Crippen LogP contribution in [0.25, 0.3) is 0 Å². The number of aryl methyl sites for hydroxylation is 1. The summed E-state index contributed by atoms with van der Waals surface area (Å²) in [5.74, 6) is -0.559. The second kappa shape index (κ2) is 10.1. The van der Waals surface area contributed by atoms with Crippen molar-refractivity contribution in [2.75, 3.05) is 4.90 Å². The minimum absolute atomic E-state index is 0.215. The van der Waals surface area contributed by atoms with Gasteiger partial charge in [-0.05, 0) is 60.5 Å². The Morgan fingerprint density at radius 2 is 1.67 bits per heavy atom. The zero-order chi connectivity index (χ0) is 25.2. The van der Waals surface area contributed by atoms with Gasteiger partial charge in [-0.2, -0.15) is 0 Å². The van der Waals surface area contributed by atoms with E-state index < -0.39 is 10.8 Å². The molecule has 1 aliphatic rings. The van der Waals surface area contributed by atoms with Gasteiger partial charge < -0.3 is 10.2 Å². The molecule has 1 aliphatic heterocycles. The van der Waals surface area contributed by atoms with Crippen molar-refractivity contribution >= 4 is 39.9 Å². The first kappa shape index (κ1) is 24.0. The minimum Gasteiger partial charge on any atom is -0.348 e. The van der Waals surface area contributed by atoms with Gasteiger partial charge in [0.1, 0.15) is 0 Å². The number of rotatable bonds is 5. The van der Waals surface area contributed by atoms with Gasteiger partial charge in [-0.1, -0.05) is 65.7 Å². The average molecular weight is 515 g/mol. The molecule has 0 saturated heterocycles. The molecule has 7 heteroatoms. The number of anilines is 1. The fourth-order valence-electron chi connectivity index (χ4n) is 4.17. The third-order valence-electron chi connectivity index (χ3n) is 6.08. The molecule has 4 aromatic rings. The number of nitrogens with zero attached hydrogens (tertiary/aromatic N) is 1. The van der Waals surface area contributed by atoms with Crippen molar-refractivity contribution in [1.82, 2.24) is 5.32 Å². The van der Waals surface area contributed by atoms with E-state index in [9.17, 15) is 13.8 Å². The van der Waals surface area contributed by atoms with Crippen LogP contribution in [0.1, 0.15) is 37.4 Å². The molecule has 0 fully saturated rings. The summed E-state index contributed by atoms with van der Waals surface area (Å²) in [5.41, 5.74) is 4.15. The molecule has 0 saturated carbocycles. The lowest BCUT2D eigenvalue weighted by Crippen LogP contribution is -2.31. The normalized spacial score (nSPS) is 14.6. The first-order valence-electron chi connectivity index (χ1n) is 11.5. The number of hydrogen-bond acceptors (Lipinski definition) is 3. The van der Waals surface area contributed by atoms with Gasteiger partial charge in [0, 0.05) is 17.1 Å². The second-order valence-corrected chi connectivity index (χ2v) is 10.5. The molecule has 0 radical (unpaired) electrons. The molecule has 1 heterocycles. The molecule has 0 spiro atoms. The largest absolute Gasteiger partial charge is 0.348 e. The van der Waals surface area contributed by atoms with Crippen LogP contribution in [0.15, 0.2) is 101 Å². The standard InChI is InChI=1S/C29H23ClN2O3S/c1-19-9-11-20(12-10-19)17-31-28(33)22-13-14-27-25(16-22)32(18-21-5-4-6-23(30)15-21)29(34)24-7-2-3-8-26(24)36(27)35/h2-16H,17-18H2,1H3,(H,31,33)/t36-/m1/s1. The number of amides is 2. The molecule has 0 bridgehead atoms. The Morgan fingerprint density at radius 1 is 0.889 bits per heavy atom. The average Bonchev–Trinajstić information content (AvgIpc) is 2.97. The highest BCUT2D eigenvalue weighted by molar-refractivity contribution is 7.85. The minimum atomic E-state index is -1.59. The highest BCUT2D eigenvalue weighted by atomic mass is 35.5. The maximum Gasteiger partial charge on any atom is 0.259 e. The Kier molecular flexibility index (Phi) is 6.72. The van der Waals surface area contributed by atoms with Crippen molar-refractivity contribution in [3.8, 4) is 0 Å². The summed E-state index contributed by atoms with van der Waals surface area (Å²) in [7, 11) is -1.59. The van der Waals surface area contributed by atoms with Crippen molar-refractivity contribution in [2.45, 2.75) is 29.8 Å². The second-order valence-electron chi connectivity index (χ2n) is 8.64. The predicted molar refractivity (Wildman–Crippen MR) is 142 cm³/mol. The van der Waals surface area contributed by atoms with Gasteiger partial charge in [-0.3, -0.25) is 9.59 Å². The number of carbonyl (C=O) groups excluding carboxylic acids is 2. The lowest BCUT2D eigenvalue weighted by Gasteiger charge is -2.24. The highest BCUT2D eigenvalue weighted by Crippen LogP contribution is 2.36. The lowest BCUT2D eigenvalue weighted by molar-refractivity contribution is 0.0947. The fraction of sp³-hybridized carbons (Fsp3) is 0.103. The van der Waals surface area contributed by atoms with Gasteiger partial charge in [0.2, 0.25) is 0 Å². The molecular formula is C29H23ClN2O3S. The fourth-order valence-corrected chi connectivity index (χ4v) is 5.73. The molecular weight excluding hydrogens is 492 g/mol. The van der Waals surface area contributed by atoms with Crippen molar-refractivity contribution in [3.63, 3.8) is 0 Å². The molecule has 36 heavy (non-hydrogen) atoms. The quantitative estimate of drug-likeness (QED) is 0.360. The number of carbonyl (C=O) groups is 2. The summed E-state index contributed by atoms with van der Waals surface area (Å²) < 4.78 is 13.6. The Hall–Kier alpha value is -3.74. The number of fused-ring (bicyclic) bond motifs is 2. The van der Waals surface area contributed by atoms with Gasteiger partial charge in [-0.25, -0.2) is 4.21 Å². The molecule has 5 nitrogen and oxygen atoms in total. The maximum absolute atomic E-state index is 13.7. The summed E-state index contributed by atoms with van der Waals surface area (Å²) in [4.78, 5) is 29.3. The van der Waals surface area contributed by atoms with Gasteiger partial charge in [0.25, 0.3) is 11.8 Å². The SMILES string of the molecule is Cc1ccc(CNC(=O)c2ccc3c(c2)N(Cc2cccc(Cl)c2)C(=O)c2ccccc2[S@]3=O)cc1. The van der Waals surface area contributed by atoms with Crippen LogP contribution < -0.4 is 10.2 Å². The molecule has 2 amide bonds. The zero-order valence-corrected chi connectivity index (χ0v) is 21.1. The summed E-state index contributed by atoms with van der Waals surface area (Å²) in [6, 6.07) is 27.1. The van der Waals surface area contributed by atoms with Crippen LogP contribution in [0.3, 0.4) is 0 Å². The Labute approximate surface area is 217 Å². The molecule has 1 N–H and O–H groups in total. The number of nitrogens with one attached hydrogen (secondary N) is 1. The molecule has 1 atom stereocenters. The van der Waals surface area contributed by atoms with Crippen molar-refractivity contribution < 1.29 is 13.8 Å².